The van der Waals surface area contributed by atoms with E-state index in [1.807, 2.05) is 43.7 Å². The average molecular weight is 496 g/mol. The van der Waals surface area contributed by atoms with Crippen molar-refractivity contribution in [2.75, 3.05) is 12.8 Å². The van der Waals surface area contributed by atoms with E-state index in [0.717, 1.165) is 84.2 Å². The summed E-state index contributed by atoms with van der Waals surface area (Å²) in [6.45, 7) is 0. The predicted molar refractivity (Wildman–Crippen MR) is 145 cm³/mol. The van der Waals surface area contributed by atoms with Gasteiger partial charge in [-0.3, -0.25) is 4.98 Å². The molecule has 190 valence electrons. The number of hydrogen-bond acceptors (Lipinski definition) is 5. The highest BCUT2D eigenvalue weighted by atomic mass is 16.2. The number of nitrogens with two attached hydrogens (primary N) is 2. The third-order valence-electron chi connectivity index (χ3n) is 8.06. The van der Waals surface area contributed by atoms with Crippen LogP contribution in [0.5, 0.6) is 0 Å². The molecule has 8 heteroatoms. The number of amides is 2. The number of aromatic nitrogens is 4. The average Bonchev–Trinajstić information content (AvgIpc) is 3.71. The summed E-state index contributed by atoms with van der Waals surface area (Å²) in [6, 6.07) is 14.0. The molecule has 0 radical (unpaired) electrons. The Kier molecular flexibility index (Phi) is 6.02. The molecule has 2 saturated carbocycles. The first-order chi connectivity index (χ1) is 18.0. The number of carbonyl (C=O) groups excluding carboxylic acids is 1. The van der Waals surface area contributed by atoms with Crippen molar-refractivity contribution < 1.29 is 4.79 Å². The fourth-order valence-electron chi connectivity index (χ4n) is 5.80. The lowest BCUT2D eigenvalue weighted by atomic mass is 9.89. The van der Waals surface area contributed by atoms with Gasteiger partial charge in [0, 0.05) is 47.5 Å². The molecule has 2 atom stereocenters. The smallest absolute Gasteiger partial charge is 0.314 e. The van der Waals surface area contributed by atoms with Gasteiger partial charge in [-0.25, -0.2) is 9.78 Å². The SMILES string of the molecule is CN(C(N)=O)[C@@H]1CCCC[C@H](c2nc3c(-c4ccc(-c5ccccc5)nc4)cnn3c(N)c2C2CC2)C1. The zero-order chi connectivity index (χ0) is 25.5. The van der Waals surface area contributed by atoms with Gasteiger partial charge < -0.3 is 16.4 Å². The van der Waals surface area contributed by atoms with Crippen molar-refractivity contribution in [1.29, 1.82) is 0 Å². The Bertz CT molecular complexity index is 1430. The van der Waals surface area contributed by atoms with Crippen LogP contribution in [0.1, 0.15) is 68.0 Å². The number of benzene rings is 1. The summed E-state index contributed by atoms with van der Waals surface area (Å²) in [5, 5.41) is 4.65. The van der Waals surface area contributed by atoms with Crippen LogP contribution in [0.4, 0.5) is 10.6 Å². The maximum absolute atomic E-state index is 11.9. The highest BCUT2D eigenvalue weighted by Gasteiger charge is 2.35. The van der Waals surface area contributed by atoms with E-state index in [9.17, 15) is 4.79 Å². The fourth-order valence-corrected chi connectivity index (χ4v) is 5.80. The van der Waals surface area contributed by atoms with Crippen molar-refractivity contribution in [2.24, 2.45) is 5.73 Å². The number of carbonyl (C=O) groups is 1. The van der Waals surface area contributed by atoms with E-state index in [1.165, 1.54) is 0 Å². The molecule has 6 rings (SSSR count). The Hall–Kier alpha value is -3.94. The number of pyridine rings is 1. The van der Waals surface area contributed by atoms with E-state index in [4.69, 9.17) is 21.4 Å². The van der Waals surface area contributed by atoms with Gasteiger partial charge in [0.05, 0.1) is 17.6 Å². The number of anilines is 1. The Balaban J connectivity index is 1.42. The van der Waals surface area contributed by atoms with Crippen molar-refractivity contribution in [1.82, 2.24) is 24.5 Å². The number of urea groups is 1. The summed E-state index contributed by atoms with van der Waals surface area (Å²) in [5.41, 5.74) is 19.3. The monoisotopic (exact) mass is 495 g/mol. The molecule has 0 aliphatic heterocycles. The lowest BCUT2D eigenvalue weighted by Crippen LogP contribution is -2.41. The lowest BCUT2D eigenvalue weighted by molar-refractivity contribution is 0.191. The minimum absolute atomic E-state index is 0.107. The van der Waals surface area contributed by atoms with Gasteiger partial charge in [0.15, 0.2) is 5.65 Å². The van der Waals surface area contributed by atoms with Crippen LogP contribution >= 0.6 is 0 Å². The van der Waals surface area contributed by atoms with Gasteiger partial charge >= 0.3 is 6.03 Å². The van der Waals surface area contributed by atoms with Crippen molar-refractivity contribution in [3.05, 3.63) is 66.1 Å². The van der Waals surface area contributed by atoms with Crippen LogP contribution in [0.15, 0.2) is 54.9 Å². The topological polar surface area (TPSA) is 115 Å². The summed E-state index contributed by atoms with van der Waals surface area (Å²) in [5.74, 6) is 1.34. The summed E-state index contributed by atoms with van der Waals surface area (Å²) in [7, 11) is 1.81. The first-order valence-electron chi connectivity index (χ1n) is 13.2. The predicted octanol–water partition coefficient (Wildman–Crippen LogP) is 5.34. The lowest BCUT2D eigenvalue weighted by Gasteiger charge is -2.29. The molecule has 2 amide bonds. The highest BCUT2D eigenvalue weighted by Crippen LogP contribution is 2.48. The van der Waals surface area contributed by atoms with Crippen molar-refractivity contribution in [2.45, 2.75) is 62.8 Å². The van der Waals surface area contributed by atoms with Crippen molar-refractivity contribution in [3.63, 3.8) is 0 Å². The third kappa shape index (κ3) is 4.41. The van der Waals surface area contributed by atoms with E-state index in [2.05, 4.69) is 23.3 Å². The normalized spacial score (nSPS) is 20.0. The van der Waals surface area contributed by atoms with Gasteiger partial charge in [-0.15, -0.1) is 0 Å². The zero-order valence-electron chi connectivity index (χ0n) is 21.2. The zero-order valence-corrected chi connectivity index (χ0v) is 21.2. The summed E-state index contributed by atoms with van der Waals surface area (Å²) < 4.78 is 1.79. The van der Waals surface area contributed by atoms with Crippen molar-refractivity contribution in [3.8, 4) is 22.4 Å². The quantitative estimate of drug-likeness (QED) is 0.362. The maximum Gasteiger partial charge on any atom is 0.314 e. The van der Waals surface area contributed by atoms with Crippen LogP contribution in [0.2, 0.25) is 0 Å². The van der Waals surface area contributed by atoms with Crippen LogP contribution < -0.4 is 11.5 Å². The molecule has 4 N–H and O–H groups in total. The van der Waals surface area contributed by atoms with E-state index in [-0.39, 0.29) is 18.0 Å². The van der Waals surface area contributed by atoms with Gasteiger partial charge in [0.25, 0.3) is 0 Å². The molecule has 0 saturated heterocycles. The Morgan fingerprint density at radius 3 is 2.46 bits per heavy atom. The van der Waals surface area contributed by atoms with Gasteiger partial charge in [0.2, 0.25) is 0 Å². The summed E-state index contributed by atoms with van der Waals surface area (Å²) >= 11 is 0. The number of nitrogen functional groups attached to an aromatic ring is 1. The molecule has 8 nitrogen and oxygen atoms in total. The van der Waals surface area contributed by atoms with Gasteiger partial charge in [0.1, 0.15) is 5.82 Å². The number of nitrogens with zero attached hydrogens (tertiary/aromatic N) is 5. The van der Waals surface area contributed by atoms with Gasteiger partial charge in [-0.2, -0.15) is 9.61 Å². The van der Waals surface area contributed by atoms with E-state index >= 15 is 0 Å². The number of primary amides is 1. The second-order valence-electron chi connectivity index (χ2n) is 10.5. The summed E-state index contributed by atoms with van der Waals surface area (Å²) in [4.78, 5) is 23.6. The van der Waals surface area contributed by atoms with Crippen LogP contribution in [0, 0.1) is 0 Å². The van der Waals surface area contributed by atoms with Crippen LogP contribution in [-0.4, -0.2) is 43.6 Å². The first kappa shape index (κ1) is 23.5. The van der Waals surface area contributed by atoms with E-state index in [0.29, 0.717) is 11.7 Å². The Morgan fingerprint density at radius 1 is 0.973 bits per heavy atom. The fraction of sp³-hybridized carbons (Fsp3) is 0.379. The third-order valence-corrected chi connectivity index (χ3v) is 8.06. The van der Waals surface area contributed by atoms with Crippen molar-refractivity contribution >= 4 is 17.5 Å². The molecule has 0 bridgehead atoms. The van der Waals surface area contributed by atoms with Crippen LogP contribution in [0.3, 0.4) is 0 Å². The molecular formula is C29H33N7O. The van der Waals surface area contributed by atoms with E-state index in [1.54, 1.807) is 9.42 Å². The molecular weight excluding hydrogens is 462 g/mol. The molecule has 2 aliphatic carbocycles. The molecule has 0 unspecified atom stereocenters. The second kappa shape index (κ2) is 9.50. The second-order valence-corrected chi connectivity index (χ2v) is 10.5. The summed E-state index contributed by atoms with van der Waals surface area (Å²) in [6.07, 6.45) is 11.0. The highest BCUT2D eigenvalue weighted by molar-refractivity contribution is 5.79. The molecule has 37 heavy (non-hydrogen) atoms. The van der Waals surface area contributed by atoms with Crippen LogP contribution in [0.25, 0.3) is 28.0 Å². The minimum atomic E-state index is -0.375. The molecule has 4 aromatic rings. The molecule has 0 spiro atoms. The number of fused-ring (bicyclic) bond motifs is 1. The Labute approximate surface area is 216 Å². The number of hydrogen-bond donors (Lipinski definition) is 2. The minimum Gasteiger partial charge on any atom is -0.383 e. The van der Waals surface area contributed by atoms with E-state index < -0.39 is 0 Å². The molecule has 3 heterocycles. The number of rotatable bonds is 5. The van der Waals surface area contributed by atoms with Gasteiger partial charge in [-0.1, -0.05) is 49.2 Å². The maximum atomic E-state index is 11.9. The molecule has 1 aromatic carbocycles. The first-order valence-corrected chi connectivity index (χ1v) is 13.2. The standard InChI is InChI=1S/C29H33N7O/c1-35(29(31)37)22-10-6-5-9-20(15-22)26-25(19-11-12-19)27(30)36-28(34-26)23(17-33-36)21-13-14-24(32-16-21)18-7-3-2-4-8-18/h2-4,7-8,13-14,16-17,19-20,22H,5-6,9-12,15,30H2,1H3,(H2,31,37)/t20-,22+/m0/s1. The van der Waals surface area contributed by atoms with Gasteiger partial charge in [-0.05, 0) is 44.1 Å². The Morgan fingerprint density at radius 2 is 1.76 bits per heavy atom. The van der Waals surface area contributed by atoms with Crippen LogP contribution in [-0.2, 0) is 0 Å². The molecule has 2 aliphatic rings. The largest absolute Gasteiger partial charge is 0.383 e. The molecule has 3 aromatic heterocycles. The molecule has 2 fully saturated rings.